The molecule has 0 aliphatic carbocycles. The second-order valence-electron chi connectivity index (χ2n) is 4.37. The van der Waals surface area contributed by atoms with Crippen LogP contribution in [0.4, 0.5) is 5.82 Å². The summed E-state index contributed by atoms with van der Waals surface area (Å²) in [5, 5.41) is 1.19. The highest BCUT2D eigenvalue weighted by Crippen LogP contribution is 2.23. The van der Waals surface area contributed by atoms with E-state index in [-0.39, 0.29) is 0 Å². The lowest BCUT2D eigenvalue weighted by Gasteiger charge is -2.23. The van der Waals surface area contributed by atoms with Gasteiger partial charge >= 0.3 is 0 Å². The van der Waals surface area contributed by atoms with Crippen LogP contribution in [0.15, 0.2) is 30.3 Å². The van der Waals surface area contributed by atoms with E-state index in [1.807, 2.05) is 12.1 Å². The average Bonchev–Trinajstić information content (AvgIpc) is 2.41. The van der Waals surface area contributed by atoms with Crippen molar-refractivity contribution < 1.29 is 0 Å². The van der Waals surface area contributed by atoms with Crippen LogP contribution in [0.5, 0.6) is 0 Å². The first-order valence-corrected chi connectivity index (χ1v) is 6.63. The van der Waals surface area contributed by atoms with Crippen LogP contribution in [0, 0.1) is 0 Å². The fraction of sp³-hybridized carbons (Fsp3) is 0.400. The molecule has 3 nitrogen and oxygen atoms in total. The van der Waals surface area contributed by atoms with Crippen molar-refractivity contribution in [1.29, 1.82) is 0 Å². The zero-order valence-corrected chi connectivity index (χ0v) is 11.2. The Kier molecular flexibility index (Phi) is 4.15. The number of hydrogen-bond acceptors (Lipinski definition) is 3. The largest absolute Gasteiger partial charge is 0.357 e. The molecule has 0 amide bonds. The molecule has 18 heavy (non-hydrogen) atoms. The Morgan fingerprint density at radius 3 is 2.56 bits per heavy atom. The van der Waals surface area contributed by atoms with Gasteiger partial charge in [-0.3, -0.25) is 0 Å². The first kappa shape index (κ1) is 12.8. The van der Waals surface area contributed by atoms with Crippen molar-refractivity contribution in [2.24, 2.45) is 5.73 Å². The van der Waals surface area contributed by atoms with E-state index in [4.69, 9.17) is 10.7 Å². The topological polar surface area (TPSA) is 42.2 Å². The molecule has 0 saturated carbocycles. The van der Waals surface area contributed by atoms with Gasteiger partial charge in [-0.2, -0.15) is 0 Å². The predicted octanol–water partition coefficient (Wildman–Crippen LogP) is 2.58. The van der Waals surface area contributed by atoms with E-state index in [0.29, 0.717) is 6.54 Å². The van der Waals surface area contributed by atoms with Crippen molar-refractivity contribution in [2.45, 2.75) is 20.3 Å². The minimum Gasteiger partial charge on any atom is -0.357 e. The zero-order chi connectivity index (χ0) is 13.0. The molecule has 0 unspecified atom stereocenters. The van der Waals surface area contributed by atoms with Crippen molar-refractivity contribution in [3.05, 3.63) is 35.9 Å². The molecule has 0 aliphatic rings. The fourth-order valence-electron chi connectivity index (χ4n) is 2.29. The van der Waals surface area contributed by atoms with E-state index in [2.05, 4.69) is 36.9 Å². The van der Waals surface area contributed by atoms with Crippen LogP contribution in [0.2, 0.25) is 0 Å². The summed E-state index contributed by atoms with van der Waals surface area (Å²) in [6.07, 6.45) is 0.879. The second-order valence-corrected chi connectivity index (χ2v) is 4.37. The van der Waals surface area contributed by atoms with E-state index in [9.17, 15) is 0 Å². The van der Waals surface area contributed by atoms with Crippen molar-refractivity contribution >= 4 is 16.7 Å². The summed E-state index contributed by atoms with van der Waals surface area (Å²) in [6.45, 7) is 6.92. The summed E-state index contributed by atoms with van der Waals surface area (Å²) in [7, 11) is 0. The highest BCUT2D eigenvalue weighted by Gasteiger charge is 2.11. The molecule has 0 spiro atoms. The lowest BCUT2D eigenvalue weighted by Crippen LogP contribution is -2.25. The summed E-state index contributed by atoms with van der Waals surface area (Å²) >= 11 is 0. The number of rotatable bonds is 5. The number of nitrogens with zero attached hydrogens (tertiary/aromatic N) is 2. The third-order valence-electron chi connectivity index (χ3n) is 3.26. The van der Waals surface area contributed by atoms with Crippen molar-refractivity contribution in [1.82, 2.24) is 4.98 Å². The molecule has 0 bridgehead atoms. The number of hydrogen-bond donors (Lipinski definition) is 1. The lowest BCUT2D eigenvalue weighted by atomic mass is 10.1. The van der Waals surface area contributed by atoms with Crippen LogP contribution in [0.1, 0.15) is 19.4 Å². The Labute approximate surface area is 109 Å². The van der Waals surface area contributed by atoms with Gasteiger partial charge in [-0.15, -0.1) is 0 Å². The summed E-state index contributed by atoms with van der Waals surface area (Å²) < 4.78 is 0. The van der Waals surface area contributed by atoms with E-state index in [1.165, 1.54) is 10.9 Å². The van der Waals surface area contributed by atoms with Gasteiger partial charge in [-0.05, 0) is 44.5 Å². The van der Waals surface area contributed by atoms with Crippen LogP contribution in [0.25, 0.3) is 10.9 Å². The third-order valence-corrected chi connectivity index (χ3v) is 3.26. The quantitative estimate of drug-likeness (QED) is 0.877. The molecule has 0 radical (unpaired) electrons. The Bertz CT molecular complexity index is 518. The van der Waals surface area contributed by atoms with Crippen molar-refractivity contribution in [2.75, 3.05) is 24.5 Å². The van der Waals surface area contributed by atoms with Gasteiger partial charge in [-0.25, -0.2) is 4.98 Å². The van der Waals surface area contributed by atoms with Crippen LogP contribution in [-0.4, -0.2) is 24.6 Å². The average molecular weight is 243 g/mol. The minimum absolute atomic E-state index is 0.661. The number of aromatic nitrogens is 1. The molecule has 0 atom stereocenters. The molecule has 2 rings (SSSR count). The summed E-state index contributed by atoms with van der Waals surface area (Å²) in [5.41, 5.74) is 8.02. The van der Waals surface area contributed by atoms with E-state index >= 15 is 0 Å². The van der Waals surface area contributed by atoms with Gasteiger partial charge in [-0.1, -0.05) is 18.2 Å². The molecule has 2 N–H and O–H groups in total. The molecule has 1 aromatic carbocycles. The number of nitrogens with two attached hydrogens (primary N) is 1. The number of fused-ring (bicyclic) bond motifs is 1. The molecule has 2 aromatic rings. The van der Waals surface area contributed by atoms with Gasteiger partial charge in [0.1, 0.15) is 5.82 Å². The van der Waals surface area contributed by atoms with Crippen LogP contribution in [0.3, 0.4) is 0 Å². The van der Waals surface area contributed by atoms with Gasteiger partial charge in [0, 0.05) is 18.5 Å². The molecule has 0 fully saturated rings. The lowest BCUT2D eigenvalue weighted by molar-refractivity contribution is 0.831. The monoisotopic (exact) mass is 243 g/mol. The zero-order valence-electron chi connectivity index (χ0n) is 11.2. The SMILES string of the molecule is CCN(CC)c1nc2ccccc2cc1CCN. The number of anilines is 1. The van der Waals surface area contributed by atoms with Gasteiger partial charge in [0.05, 0.1) is 5.52 Å². The van der Waals surface area contributed by atoms with Gasteiger partial charge < -0.3 is 10.6 Å². The molecular formula is C15H21N3. The Hall–Kier alpha value is -1.61. The maximum atomic E-state index is 5.71. The second kappa shape index (κ2) is 5.83. The Morgan fingerprint density at radius 1 is 1.17 bits per heavy atom. The molecule has 1 aromatic heterocycles. The van der Waals surface area contributed by atoms with Gasteiger partial charge in [0.15, 0.2) is 0 Å². The Morgan fingerprint density at radius 2 is 1.89 bits per heavy atom. The first-order chi connectivity index (χ1) is 8.80. The molecule has 1 heterocycles. The molecule has 96 valence electrons. The third kappa shape index (κ3) is 2.46. The first-order valence-electron chi connectivity index (χ1n) is 6.63. The van der Waals surface area contributed by atoms with Gasteiger partial charge in [0.25, 0.3) is 0 Å². The van der Waals surface area contributed by atoms with Crippen molar-refractivity contribution in [3.8, 4) is 0 Å². The molecular weight excluding hydrogens is 222 g/mol. The molecule has 0 aliphatic heterocycles. The molecule has 3 heteroatoms. The summed E-state index contributed by atoms with van der Waals surface area (Å²) in [4.78, 5) is 7.10. The van der Waals surface area contributed by atoms with E-state index in [1.54, 1.807) is 0 Å². The Balaban J connectivity index is 2.56. The van der Waals surface area contributed by atoms with Crippen LogP contribution in [-0.2, 0) is 6.42 Å². The van der Waals surface area contributed by atoms with Crippen LogP contribution >= 0.6 is 0 Å². The maximum Gasteiger partial charge on any atom is 0.132 e. The molecule has 0 saturated heterocycles. The standard InChI is InChI=1S/C15H21N3/c1-3-18(4-2)15-13(9-10-16)11-12-7-5-6-8-14(12)17-15/h5-8,11H,3-4,9-10,16H2,1-2H3. The number of pyridine rings is 1. The van der Waals surface area contributed by atoms with Crippen LogP contribution < -0.4 is 10.6 Å². The highest BCUT2D eigenvalue weighted by atomic mass is 15.2. The predicted molar refractivity (Wildman–Crippen MR) is 78.1 cm³/mol. The number of benzene rings is 1. The summed E-state index contributed by atoms with van der Waals surface area (Å²) in [6, 6.07) is 10.5. The summed E-state index contributed by atoms with van der Waals surface area (Å²) in [5.74, 6) is 1.09. The number of para-hydroxylation sites is 1. The normalized spacial score (nSPS) is 10.8. The van der Waals surface area contributed by atoms with Gasteiger partial charge in [0.2, 0.25) is 0 Å². The highest BCUT2D eigenvalue weighted by molar-refractivity contribution is 5.81. The van der Waals surface area contributed by atoms with E-state index < -0.39 is 0 Å². The fourth-order valence-corrected chi connectivity index (χ4v) is 2.29. The maximum absolute atomic E-state index is 5.71. The smallest absolute Gasteiger partial charge is 0.132 e. The minimum atomic E-state index is 0.661. The van der Waals surface area contributed by atoms with E-state index in [0.717, 1.165) is 30.8 Å². The van der Waals surface area contributed by atoms with Crippen molar-refractivity contribution in [3.63, 3.8) is 0 Å².